The van der Waals surface area contributed by atoms with Gasteiger partial charge in [0.05, 0.1) is 9.82 Å². The van der Waals surface area contributed by atoms with Gasteiger partial charge in [-0.2, -0.15) is 4.31 Å². The SMILES string of the molecule is CCc1ccc([N+](=O)[O-])cc1S(=O)(=O)N1CCC(N)C(C)(C)C1. The fourth-order valence-corrected chi connectivity index (χ4v) is 4.80. The van der Waals surface area contributed by atoms with Crippen LogP contribution in [0.25, 0.3) is 0 Å². The number of sulfonamides is 1. The Morgan fingerprint density at radius 1 is 1.43 bits per heavy atom. The van der Waals surface area contributed by atoms with Crippen LogP contribution in [0.5, 0.6) is 0 Å². The van der Waals surface area contributed by atoms with Gasteiger partial charge >= 0.3 is 0 Å². The molecule has 0 aliphatic carbocycles. The molecule has 0 aromatic heterocycles. The van der Waals surface area contributed by atoms with E-state index in [9.17, 15) is 18.5 Å². The normalized spacial score (nSPS) is 22.0. The number of hydrogen-bond donors (Lipinski definition) is 1. The Kier molecular flexibility index (Phi) is 4.79. The summed E-state index contributed by atoms with van der Waals surface area (Å²) in [5, 5.41) is 11.0. The minimum absolute atomic E-state index is 0.0282. The maximum absolute atomic E-state index is 13.0. The molecule has 2 rings (SSSR count). The predicted molar refractivity (Wildman–Crippen MR) is 87.6 cm³/mol. The summed E-state index contributed by atoms with van der Waals surface area (Å²) in [6.45, 7) is 6.35. The van der Waals surface area contributed by atoms with Crippen molar-refractivity contribution in [3.05, 3.63) is 33.9 Å². The summed E-state index contributed by atoms with van der Waals surface area (Å²) < 4.78 is 27.4. The number of aryl methyl sites for hydroxylation is 1. The summed E-state index contributed by atoms with van der Waals surface area (Å²) in [6, 6.07) is 3.96. The maximum atomic E-state index is 13.0. The van der Waals surface area contributed by atoms with Crippen molar-refractivity contribution in [1.29, 1.82) is 0 Å². The van der Waals surface area contributed by atoms with Gasteiger partial charge in [-0.25, -0.2) is 8.42 Å². The van der Waals surface area contributed by atoms with E-state index < -0.39 is 14.9 Å². The van der Waals surface area contributed by atoms with Crippen LogP contribution in [-0.2, 0) is 16.4 Å². The predicted octanol–water partition coefficient (Wildman–Crippen LogP) is 1.91. The van der Waals surface area contributed by atoms with E-state index >= 15 is 0 Å². The van der Waals surface area contributed by atoms with Gasteiger partial charge in [0, 0.05) is 31.3 Å². The second-order valence-corrected chi connectivity index (χ2v) is 8.53. The van der Waals surface area contributed by atoms with Gasteiger partial charge in [-0.3, -0.25) is 10.1 Å². The Labute approximate surface area is 136 Å². The number of piperidine rings is 1. The molecule has 0 radical (unpaired) electrons. The molecule has 0 amide bonds. The highest BCUT2D eigenvalue weighted by Crippen LogP contribution is 2.33. The van der Waals surface area contributed by atoms with Crippen molar-refractivity contribution in [2.45, 2.75) is 44.6 Å². The number of non-ortho nitro benzene ring substituents is 1. The highest BCUT2D eigenvalue weighted by Gasteiger charge is 2.39. The number of nitrogens with zero attached hydrogens (tertiary/aromatic N) is 2. The van der Waals surface area contributed by atoms with E-state index in [1.807, 2.05) is 20.8 Å². The van der Waals surface area contributed by atoms with Gasteiger partial charge in [0.1, 0.15) is 0 Å². The van der Waals surface area contributed by atoms with Crippen LogP contribution in [0.4, 0.5) is 5.69 Å². The summed E-state index contributed by atoms with van der Waals surface area (Å²) in [6.07, 6.45) is 1.06. The van der Waals surface area contributed by atoms with Gasteiger partial charge in [-0.1, -0.05) is 26.8 Å². The Balaban J connectivity index is 2.47. The van der Waals surface area contributed by atoms with E-state index in [-0.39, 0.29) is 22.0 Å². The molecule has 8 heteroatoms. The molecular formula is C15H23N3O4S. The lowest BCUT2D eigenvalue weighted by Crippen LogP contribution is -2.53. The third kappa shape index (κ3) is 3.39. The average molecular weight is 341 g/mol. The Morgan fingerprint density at radius 3 is 2.61 bits per heavy atom. The van der Waals surface area contributed by atoms with Crippen LogP contribution >= 0.6 is 0 Å². The minimum Gasteiger partial charge on any atom is -0.327 e. The standard InChI is InChI=1S/C15H23N3O4S/c1-4-11-5-6-12(18(19)20)9-13(11)23(21,22)17-8-7-14(16)15(2,3)10-17/h5-6,9,14H,4,7-8,10,16H2,1-3H3. The lowest BCUT2D eigenvalue weighted by molar-refractivity contribution is -0.385. The first kappa shape index (κ1) is 17.8. The van der Waals surface area contributed by atoms with Gasteiger partial charge in [0.15, 0.2) is 0 Å². The molecular weight excluding hydrogens is 318 g/mol. The molecule has 1 aromatic carbocycles. The van der Waals surface area contributed by atoms with Gasteiger partial charge in [0.25, 0.3) is 5.69 Å². The molecule has 128 valence electrons. The van der Waals surface area contributed by atoms with E-state index in [1.54, 1.807) is 0 Å². The molecule has 1 saturated heterocycles. The van der Waals surface area contributed by atoms with E-state index in [4.69, 9.17) is 5.73 Å². The number of benzene rings is 1. The topological polar surface area (TPSA) is 107 Å². The molecule has 0 spiro atoms. The highest BCUT2D eigenvalue weighted by molar-refractivity contribution is 7.89. The van der Waals surface area contributed by atoms with Crippen molar-refractivity contribution in [2.75, 3.05) is 13.1 Å². The quantitative estimate of drug-likeness (QED) is 0.665. The van der Waals surface area contributed by atoms with Crippen molar-refractivity contribution in [1.82, 2.24) is 4.31 Å². The van der Waals surface area contributed by atoms with E-state index in [2.05, 4.69) is 0 Å². The van der Waals surface area contributed by atoms with Crippen LogP contribution in [0.15, 0.2) is 23.1 Å². The zero-order chi connectivity index (χ0) is 17.4. The van der Waals surface area contributed by atoms with Crippen LogP contribution in [-0.4, -0.2) is 36.8 Å². The summed E-state index contributed by atoms with van der Waals surface area (Å²) in [7, 11) is -3.78. The Bertz CT molecular complexity index is 715. The largest absolute Gasteiger partial charge is 0.327 e. The summed E-state index contributed by atoms with van der Waals surface area (Å²) in [5.74, 6) is 0. The second kappa shape index (κ2) is 6.18. The van der Waals surface area contributed by atoms with Crippen molar-refractivity contribution < 1.29 is 13.3 Å². The molecule has 1 fully saturated rings. The molecule has 2 N–H and O–H groups in total. The monoisotopic (exact) mass is 341 g/mol. The van der Waals surface area contributed by atoms with Crippen molar-refractivity contribution in [3.63, 3.8) is 0 Å². The summed E-state index contributed by atoms with van der Waals surface area (Å²) >= 11 is 0. The smallest absolute Gasteiger partial charge is 0.270 e. The van der Waals surface area contributed by atoms with Crippen molar-refractivity contribution >= 4 is 15.7 Å². The lowest BCUT2D eigenvalue weighted by atomic mass is 9.81. The van der Waals surface area contributed by atoms with Gasteiger partial charge < -0.3 is 5.73 Å². The van der Waals surface area contributed by atoms with E-state index in [1.165, 1.54) is 16.4 Å². The molecule has 1 aromatic rings. The van der Waals surface area contributed by atoms with Crippen molar-refractivity contribution in [3.8, 4) is 0 Å². The fraction of sp³-hybridized carbons (Fsp3) is 0.600. The molecule has 0 bridgehead atoms. The van der Waals surface area contributed by atoms with Gasteiger partial charge in [-0.05, 0) is 23.8 Å². The lowest BCUT2D eigenvalue weighted by Gasteiger charge is -2.41. The second-order valence-electron chi connectivity index (χ2n) is 6.63. The van der Waals surface area contributed by atoms with Crippen LogP contribution in [0.1, 0.15) is 32.8 Å². The third-order valence-corrected chi connectivity index (χ3v) is 6.46. The molecule has 0 saturated carbocycles. The molecule has 1 atom stereocenters. The first-order valence-corrected chi connectivity index (χ1v) is 9.06. The number of rotatable bonds is 4. The Morgan fingerprint density at radius 2 is 2.09 bits per heavy atom. The first-order chi connectivity index (χ1) is 10.6. The third-order valence-electron chi connectivity index (χ3n) is 4.54. The maximum Gasteiger partial charge on any atom is 0.270 e. The average Bonchev–Trinajstić information content (AvgIpc) is 2.49. The number of nitro benzene ring substituents is 1. The van der Waals surface area contributed by atoms with Gasteiger partial charge in [-0.15, -0.1) is 0 Å². The van der Waals surface area contributed by atoms with Crippen LogP contribution in [0, 0.1) is 15.5 Å². The summed E-state index contributed by atoms with van der Waals surface area (Å²) in [5.41, 5.74) is 6.10. The molecule has 7 nitrogen and oxygen atoms in total. The zero-order valence-corrected chi connectivity index (χ0v) is 14.5. The fourth-order valence-electron chi connectivity index (χ4n) is 2.86. The number of hydrogen-bond acceptors (Lipinski definition) is 5. The van der Waals surface area contributed by atoms with Crippen LogP contribution in [0.3, 0.4) is 0 Å². The van der Waals surface area contributed by atoms with Crippen LogP contribution in [0.2, 0.25) is 0 Å². The molecule has 1 heterocycles. The first-order valence-electron chi connectivity index (χ1n) is 7.62. The molecule has 1 aliphatic heterocycles. The van der Waals surface area contributed by atoms with E-state index in [0.29, 0.717) is 31.5 Å². The Hall–Kier alpha value is -1.51. The molecule has 1 unspecified atom stereocenters. The van der Waals surface area contributed by atoms with Crippen LogP contribution < -0.4 is 5.73 Å². The number of nitrogens with two attached hydrogens (primary N) is 1. The minimum atomic E-state index is -3.78. The number of nitro groups is 1. The van der Waals surface area contributed by atoms with Crippen molar-refractivity contribution in [2.24, 2.45) is 11.1 Å². The molecule has 1 aliphatic rings. The zero-order valence-electron chi connectivity index (χ0n) is 13.7. The summed E-state index contributed by atoms with van der Waals surface area (Å²) in [4.78, 5) is 10.4. The molecule has 23 heavy (non-hydrogen) atoms. The highest BCUT2D eigenvalue weighted by atomic mass is 32.2. The van der Waals surface area contributed by atoms with Gasteiger partial charge in [0.2, 0.25) is 10.0 Å². The van der Waals surface area contributed by atoms with E-state index in [0.717, 1.165) is 6.07 Å².